The molecule has 102 valence electrons. The predicted octanol–water partition coefficient (Wildman–Crippen LogP) is 4.53. The van der Waals surface area contributed by atoms with Crippen molar-refractivity contribution in [3.8, 4) is 0 Å². The second-order valence-electron chi connectivity index (χ2n) is 5.93. The first kappa shape index (κ1) is 15.2. The zero-order chi connectivity index (χ0) is 13.5. The van der Waals surface area contributed by atoms with Gasteiger partial charge < -0.3 is 5.32 Å². The Morgan fingerprint density at radius 2 is 1.61 bits per heavy atom. The number of unbranched alkanes of at least 4 members (excludes halogenated alkanes) is 1. The molecule has 1 N–H and O–H groups in total. The van der Waals surface area contributed by atoms with Crippen molar-refractivity contribution in [2.75, 3.05) is 6.54 Å². The van der Waals surface area contributed by atoms with E-state index in [1.807, 2.05) is 0 Å². The van der Waals surface area contributed by atoms with Crippen LogP contribution in [-0.2, 0) is 6.54 Å². The van der Waals surface area contributed by atoms with E-state index in [1.54, 1.807) is 0 Å². The molecule has 0 radical (unpaired) electrons. The van der Waals surface area contributed by atoms with Gasteiger partial charge in [0.15, 0.2) is 0 Å². The zero-order valence-corrected chi connectivity index (χ0v) is 12.8. The van der Waals surface area contributed by atoms with Crippen molar-refractivity contribution in [3.05, 3.63) is 34.4 Å². The van der Waals surface area contributed by atoms with Crippen molar-refractivity contribution in [2.45, 2.75) is 60.4 Å². The molecule has 0 aliphatic rings. The van der Waals surface area contributed by atoms with Crippen molar-refractivity contribution in [1.82, 2.24) is 5.32 Å². The summed E-state index contributed by atoms with van der Waals surface area (Å²) in [6, 6.07) is 4.62. The standard InChI is InChI=1S/C17H29N/c1-13(2)8-6-7-9-18-12-17-11-15(4)14(3)10-16(17)5/h10-11,13,18H,6-9,12H2,1-5H3. The van der Waals surface area contributed by atoms with E-state index in [0.29, 0.717) is 0 Å². The lowest BCUT2D eigenvalue weighted by Gasteiger charge is -2.11. The van der Waals surface area contributed by atoms with E-state index in [2.05, 4.69) is 52.1 Å². The molecular formula is C17H29N. The first-order valence-corrected chi connectivity index (χ1v) is 7.28. The number of benzene rings is 1. The number of hydrogen-bond acceptors (Lipinski definition) is 1. The SMILES string of the molecule is Cc1cc(C)c(CNCCCCC(C)C)cc1C. The second-order valence-corrected chi connectivity index (χ2v) is 5.93. The molecule has 0 saturated carbocycles. The van der Waals surface area contributed by atoms with Crippen LogP contribution in [0.15, 0.2) is 12.1 Å². The molecule has 0 saturated heterocycles. The summed E-state index contributed by atoms with van der Waals surface area (Å²) in [5.41, 5.74) is 5.65. The van der Waals surface area contributed by atoms with Crippen LogP contribution in [0.25, 0.3) is 0 Å². The molecule has 0 aliphatic carbocycles. The Morgan fingerprint density at radius 3 is 2.28 bits per heavy atom. The van der Waals surface area contributed by atoms with E-state index >= 15 is 0 Å². The van der Waals surface area contributed by atoms with Crippen molar-refractivity contribution >= 4 is 0 Å². The third-order valence-electron chi connectivity index (χ3n) is 3.65. The fourth-order valence-corrected chi connectivity index (χ4v) is 2.24. The average molecular weight is 247 g/mol. The van der Waals surface area contributed by atoms with Gasteiger partial charge in [-0.2, -0.15) is 0 Å². The molecule has 0 unspecified atom stereocenters. The summed E-state index contributed by atoms with van der Waals surface area (Å²) in [5.74, 6) is 0.840. The highest BCUT2D eigenvalue weighted by Crippen LogP contribution is 2.15. The molecule has 18 heavy (non-hydrogen) atoms. The Kier molecular flexibility index (Phi) is 6.42. The molecule has 0 atom stereocenters. The van der Waals surface area contributed by atoms with Crippen molar-refractivity contribution < 1.29 is 0 Å². The highest BCUT2D eigenvalue weighted by atomic mass is 14.8. The molecule has 0 aromatic heterocycles. The Hall–Kier alpha value is -0.820. The van der Waals surface area contributed by atoms with Crippen LogP contribution in [0.3, 0.4) is 0 Å². The molecule has 0 spiro atoms. The first-order chi connectivity index (χ1) is 8.50. The van der Waals surface area contributed by atoms with E-state index in [9.17, 15) is 0 Å². The molecule has 1 aromatic rings. The van der Waals surface area contributed by atoms with Crippen molar-refractivity contribution in [3.63, 3.8) is 0 Å². The molecule has 0 bridgehead atoms. The van der Waals surface area contributed by atoms with Crippen LogP contribution < -0.4 is 5.32 Å². The van der Waals surface area contributed by atoms with Gasteiger partial charge in [0, 0.05) is 6.54 Å². The maximum Gasteiger partial charge on any atom is 0.0208 e. The Balaban J connectivity index is 2.29. The highest BCUT2D eigenvalue weighted by Gasteiger charge is 2.01. The predicted molar refractivity (Wildman–Crippen MR) is 81.0 cm³/mol. The number of rotatable bonds is 7. The molecule has 0 heterocycles. The van der Waals surface area contributed by atoms with E-state index in [1.165, 1.54) is 41.5 Å². The summed E-state index contributed by atoms with van der Waals surface area (Å²) in [6.07, 6.45) is 3.99. The number of nitrogens with one attached hydrogen (secondary N) is 1. The van der Waals surface area contributed by atoms with Crippen LogP contribution in [0, 0.1) is 26.7 Å². The Morgan fingerprint density at radius 1 is 0.944 bits per heavy atom. The van der Waals surface area contributed by atoms with Crippen molar-refractivity contribution in [1.29, 1.82) is 0 Å². The molecule has 0 amide bonds. The maximum atomic E-state index is 3.56. The zero-order valence-electron chi connectivity index (χ0n) is 12.8. The largest absolute Gasteiger partial charge is 0.313 e. The molecule has 1 aromatic carbocycles. The summed E-state index contributed by atoms with van der Waals surface area (Å²) in [6.45, 7) is 13.3. The third kappa shape index (κ3) is 5.22. The van der Waals surface area contributed by atoms with E-state index < -0.39 is 0 Å². The van der Waals surface area contributed by atoms with Crippen LogP contribution in [0.1, 0.15) is 55.4 Å². The van der Waals surface area contributed by atoms with Gasteiger partial charge in [-0.15, -0.1) is 0 Å². The summed E-state index contributed by atoms with van der Waals surface area (Å²) < 4.78 is 0. The summed E-state index contributed by atoms with van der Waals surface area (Å²) in [4.78, 5) is 0. The van der Waals surface area contributed by atoms with Crippen molar-refractivity contribution in [2.24, 2.45) is 5.92 Å². The van der Waals surface area contributed by atoms with Crippen LogP contribution in [0.4, 0.5) is 0 Å². The minimum atomic E-state index is 0.840. The minimum Gasteiger partial charge on any atom is -0.313 e. The number of hydrogen-bond donors (Lipinski definition) is 1. The van der Waals surface area contributed by atoms with Gasteiger partial charge >= 0.3 is 0 Å². The van der Waals surface area contributed by atoms with Gasteiger partial charge in [-0.3, -0.25) is 0 Å². The van der Waals surface area contributed by atoms with Crippen LogP contribution in [0.2, 0.25) is 0 Å². The normalized spacial score (nSPS) is 11.2. The monoisotopic (exact) mass is 247 g/mol. The fraction of sp³-hybridized carbons (Fsp3) is 0.647. The highest BCUT2D eigenvalue weighted by molar-refractivity contribution is 5.36. The molecule has 1 rings (SSSR count). The van der Waals surface area contributed by atoms with Gasteiger partial charge in [-0.1, -0.05) is 38.8 Å². The minimum absolute atomic E-state index is 0.840. The smallest absolute Gasteiger partial charge is 0.0208 e. The van der Waals surface area contributed by atoms with E-state index in [0.717, 1.165) is 19.0 Å². The second kappa shape index (κ2) is 7.58. The first-order valence-electron chi connectivity index (χ1n) is 7.28. The van der Waals surface area contributed by atoms with Gasteiger partial charge in [0.2, 0.25) is 0 Å². The molecular weight excluding hydrogens is 218 g/mol. The molecule has 0 fully saturated rings. The van der Waals surface area contributed by atoms with Crippen LogP contribution in [-0.4, -0.2) is 6.54 Å². The van der Waals surface area contributed by atoms with Crippen LogP contribution in [0.5, 0.6) is 0 Å². The van der Waals surface area contributed by atoms with E-state index in [-0.39, 0.29) is 0 Å². The summed E-state index contributed by atoms with van der Waals surface area (Å²) >= 11 is 0. The van der Waals surface area contributed by atoms with Gasteiger partial charge in [0.1, 0.15) is 0 Å². The average Bonchev–Trinajstić information content (AvgIpc) is 2.29. The lowest BCUT2D eigenvalue weighted by atomic mass is 10.0. The molecule has 1 heteroatoms. The third-order valence-corrected chi connectivity index (χ3v) is 3.65. The molecule has 1 nitrogen and oxygen atoms in total. The topological polar surface area (TPSA) is 12.0 Å². The van der Waals surface area contributed by atoms with Gasteiger partial charge in [-0.05, 0) is 61.9 Å². The molecule has 0 aliphatic heterocycles. The van der Waals surface area contributed by atoms with Crippen LogP contribution >= 0.6 is 0 Å². The Labute approximate surface area is 113 Å². The fourth-order valence-electron chi connectivity index (χ4n) is 2.24. The Bertz CT molecular complexity index is 366. The summed E-state index contributed by atoms with van der Waals surface area (Å²) in [7, 11) is 0. The van der Waals surface area contributed by atoms with E-state index in [4.69, 9.17) is 0 Å². The van der Waals surface area contributed by atoms with Gasteiger partial charge in [0.05, 0.1) is 0 Å². The summed E-state index contributed by atoms with van der Waals surface area (Å²) in [5, 5.41) is 3.56. The lowest BCUT2D eigenvalue weighted by molar-refractivity contribution is 0.520. The maximum absolute atomic E-state index is 3.56. The van der Waals surface area contributed by atoms with Gasteiger partial charge in [-0.25, -0.2) is 0 Å². The lowest BCUT2D eigenvalue weighted by Crippen LogP contribution is -2.15. The quantitative estimate of drug-likeness (QED) is 0.698. The number of aryl methyl sites for hydroxylation is 3. The van der Waals surface area contributed by atoms with Gasteiger partial charge in [0.25, 0.3) is 0 Å².